The van der Waals surface area contributed by atoms with Crippen LogP contribution in [-0.2, 0) is 10.5 Å². The van der Waals surface area contributed by atoms with Gasteiger partial charge in [-0.3, -0.25) is 14.8 Å². The molecule has 13 heteroatoms. The molecule has 0 fully saturated rings. The molecule has 0 amide bonds. The highest BCUT2D eigenvalue weighted by Crippen LogP contribution is 2.19. The van der Waals surface area contributed by atoms with Crippen molar-refractivity contribution in [3.05, 3.63) is 38.8 Å². The van der Waals surface area contributed by atoms with Crippen molar-refractivity contribution >= 4 is 36.9 Å². The van der Waals surface area contributed by atoms with E-state index in [-0.39, 0.29) is 5.82 Å². The molecule has 2 rings (SSSR count). The van der Waals surface area contributed by atoms with Gasteiger partial charge in [0, 0.05) is 12.1 Å². The van der Waals surface area contributed by atoms with Crippen LogP contribution < -0.4 is 26.4 Å². The summed E-state index contributed by atoms with van der Waals surface area (Å²) in [4.78, 5) is 37.2. The molecule has 0 radical (unpaired) electrons. The molecule has 0 aliphatic carbocycles. The van der Waals surface area contributed by atoms with Crippen LogP contribution in [0.1, 0.15) is 12.7 Å². The first-order valence-electron chi connectivity index (χ1n) is 9.63. The number of anilines is 2. The maximum Gasteiger partial charge on any atom is 0.327 e. The second-order valence-electron chi connectivity index (χ2n) is 8.71. The maximum atomic E-state index is 11.8. The average Bonchev–Trinajstić information content (AvgIpc) is 2.50. The van der Waals surface area contributed by atoms with Crippen molar-refractivity contribution in [2.45, 2.75) is 58.3 Å². The molecule has 0 aromatic carbocycles. The number of rotatable bonds is 7. The zero-order valence-corrected chi connectivity index (χ0v) is 21.7. The lowest BCUT2D eigenvalue weighted by Crippen LogP contribution is -2.33. The summed E-state index contributed by atoms with van der Waals surface area (Å²) >= 11 is 0. The van der Waals surface area contributed by atoms with Gasteiger partial charge in [-0.25, -0.2) is 9.78 Å². The number of nitrogen functional groups attached to an aromatic ring is 1. The SMILES string of the molecule is CC[Si](=O)Cc1nc(N[Si](C)(C)C)cc(O[Si](C)(C)C)n1.Nc1cc(=O)[nH]c(=O)[nH]1. The monoisotopic (exact) mass is 468 g/mol. The number of hydrogen-bond donors (Lipinski definition) is 4. The minimum Gasteiger partial charge on any atom is -0.531 e. The van der Waals surface area contributed by atoms with Crippen LogP contribution in [0.3, 0.4) is 0 Å². The zero-order chi connectivity index (χ0) is 23.1. The maximum absolute atomic E-state index is 11.8. The van der Waals surface area contributed by atoms with Crippen LogP contribution in [0.4, 0.5) is 11.6 Å². The van der Waals surface area contributed by atoms with Gasteiger partial charge in [0.1, 0.15) is 25.7 Å². The van der Waals surface area contributed by atoms with E-state index < -0.39 is 36.5 Å². The van der Waals surface area contributed by atoms with Crippen LogP contribution in [0.25, 0.3) is 0 Å². The van der Waals surface area contributed by atoms with Gasteiger partial charge in [-0.05, 0) is 25.7 Å². The number of nitrogens with two attached hydrogens (primary N) is 1. The number of H-pyrrole nitrogens is 2. The van der Waals surface area contributed by atoms with Crippen molar-refractivity contribution in [1.82, 2.24) is 19.9 Å². The molecule has 166 valence electrons. The van der Waals surface area contributed by atoms with Crippen molar-refractivity contribution in [1.29, 1.82) is 0 Å². The molecule has 10 nitrogen and oxygen atoms in total. The number of nitrogens with zero attached hydrogens (tertiary/aromatic N) is 2. The van der Waals surface area contributed by atoms with Crippen LogP contribution in [-0.4, -0.2) is 45.2 Å². The molecule has 0 aliphatic heterocycles. The molecule has 0 bridgehead atoms. The number of hydrogen-bond acceptors (Lipinski definition) is 8. The summed E-state index contributed by atoms with van der Waals surface area (Å²) in [7, 11) is -4.87. The highest BCUT2D eigenvalue weighted by molar-refractivity contribution is 6.79. The summed E-state index contributed by atoms with van der Waals surface area (Å²) in [6.07, 6.45) is 0. The molecule has 0 spiro atoms. The third-order valence-corrected chi connectivity index (χ3v) is 6.52. The van der Waals surface area contributed by atoms with Gasteiger partial charge >= 0.3 is 5.69 Å². The Labute approximate surface area is 179 Å². The van der Waals surface area contributed by atoms with Crippen molar-refractivity contribution < 1.29 is 8.89 Å². The Morgan fingerprint density at radius 3 is 2.20 bits per heavy atom. The molecular formula is C17H32N6O4Si3. The Kier molecular flexibility index (Phi) is 9.05. The van der Waals surface area contributed by atoms with Crippen molar-refractivity contribution in [3.8, 4) is 5.88 Å². The standard InChI is InChI=1S/C13H27N3O2Si3.C4H5N3O2/c1-8-19(17)10-12-14-11(16-20(2,3)4)9-13(15-12)18-21(5,6)7;5-2-1-3(8)7-4(9)6-2/h9H,8,10H2,1-7H3,(H,14,15,16);1H,(H4,5,6,7,8,9). The Morgan fingerprint density at radius 1 is 1.10 bits per heavy atom. The Hall–Kier alpha value is -2.39. The fourth-order valence-electron chi connectivity index (χ4n) is 2.16. The molecule has 5 N–H and O–H groups in total. The quantitative estimate of drug-likeness (QED) is 0.450. The minimum absolute atomic E-state index is 0.0729. The Morgan fingerprint density at radius 2 is 1.73 bits per heavy atom. The van der Waals surface area contributed by atoms with Gasteiger partial charge in [-0.15, -0.1) is 0 Å². The summed E-state index contributed by atoms with van der Waals surface area (Å²) in [5, 5.41) is 0. The molecule has 2 aromatic rings. The Bertz CT molecular complexity index is 916. The Balaban J connectivity index is 0.000000414. The molecular weight excluding hydrogens is 436 g/mol. The largest absolute Gasteiger partial charge is 0.531 e. The van der Waals surface area contributed by atoms with Crippen LogP contribution in [0, 0.1) is 0 Å². The van der Waals surface area contributed by atoms with E-state index in [0.29, 0.717) is 23.8 Å². The van der Waals surface area contributed by atoms with Gasteiger partial charge in [0.05, 0.1) is 6.04 Å². The number of aromatic amines is 2. The van der Waals surface area contributed by atoms with Crippen molar-refractivity contribution in [2.24, 2.45) is 0 Å². The lowest BCUT2D eigenvalue weighted by Gasteiger charge is -2.22. The van der Waals surface area contributed by atoms with Crippen molar-refractivity contribution in [3.63, 3.8) is 0 Å². The van der Waals surface area contributed by atoms with E-state index in [9.17, 15) is 14.1 Å². The normalized spacial score (nSPS) is 11.3. The summed E-state index contributed by atoms with van der Waals surface area (Å²) < 4.78 is 17.8. The average molecular weight is 469 g/mol. The number of nitrogens with one attached hydrogen (secondary N) is 3. The summed E-state index contributed by atoms with van der Waals surface area (Å²) in [6.45, 7) is 14.9. The molecule has 0 saturated carbocycles. The molecule has 0 atom stereocenters. The summed E-state index contributed by atoms with van der Waals surface area (Å²) in [5.74, 6) is 2.09. The van der Waals surface area contributed by atoms with Gasteiger partial charge in [0.2, 0.25) is 14.2 Å². The fourth-order valence-corrected chi connectivity index (χ4v) is 4.54. The first-order valence-corrected chi connectivity index (χ1v) is 18.4. The molecule has 2 heterocycles. The van der Waals surface area contributed by atoms with Gasteiger partial charge in [0.15, 0.2) is 0 Å². The molecule has 2 aromatic heterocycles. The van der Waals surface area contributed by atoms with Crippen LogP contribution >= 0.6 is 0 Å². The molecule has 0 saturated heterocycles. The van der Waals surface area contributed by atoms with E-state index >= 15 is 0 Å². The summed E-state index contributed by atoms with van der Waals surface area (Å²) in [5.41, 5.74) is 4.01. The van der Waals surface area contributed by atoms with E-state index in [4.69, 9.17) is 10.2 Å². The molecule has 0 unspecified atom stereocenters. The smallest absolute Gasteiger partial charge is 0.327 e. The first kappa shape index (κ1) is 25.6. The van der Waals surface area contributed by atoms with E-state index in [2.05, 4.69) is 59.2 Å². The fraction of sp³-hybridized carbons (Fsp3) is 0.529. The third kappa shape index (κ3) is 11.0. The van der Waals surface area contributed by atoms with E-state index in [1.807, 2.05) is 18.0 Å². The number of aromatic nitrogens is 4. The van der Waals surface area contributed by atoms with Crippen LogP contribution in [0.2, 0.25) is 45.3 Å². The molecule has 30 heavy (non-hydrogen) atoms. The summed E-state index contributed by atoms with van der Waals surface area (Å²) in [6, 6.07) is 4.10. The van der Waals surface area contributed by atoms with E-state index in [1.54, 1.807) is 0 Å². The second-order valence-corrected chi connectivity index (χ2v) is 20.0. The minimum atomic E-state index is -1.73. The lowest BCUT2D eigenvalue weighted by molar-refractivity contribution is 0.528. The van der Waals surface area contributed by atoms with Gasteiger partial charge in [-0.1, -0.05) is 26.6 Å². The van der Waals surface area contributed by atoms with Crippen molar-refractivity contribution in [2.75, 3.05) is 10.7 Å². The topological polar surface area (TPSA) is 156 Å². The van der Waals surface area contributed by atoms with Gasteiger partial charge < -0.3 is 19.6 Å². The van der Waals surface area contributed by atoms with Gasteiger partial charge in [0.25, 0.3) is 14.2 Å². The second kappa shape index (κ2) is 10.6. The highest BCUT2D eigenvalue weighted by atomic mass is 28.4. The van der Waals surface area contributed by atoms with Crippen LogP contribution in [0.5, 0.6) is 5.88 Å². The molecule has 0 aliphatic rings. The predicted octanol–water partition coefficient (Wildman–Crippen LogP) is 2.11. The lowest BCUT2D eigenvalue weighted by atomic mass is 10.5. The predicted molar refractivity (Wildman–Crippen MR) is 126 cm³/mol. The van der Waals surface area contributed by atoms with E-state index in [1.165, 1.54) is 0 Å². The van der Waals surface area contributed by atoms with Crippen LogP contribution in [0.15, 0.2) is 21.7 Å². The van der Waals surface area contributed by atoms with E-state index in [0.717, 1.165) is 11.9 Å². The first-order chi connectivity index (χ1) is 13.7. The van der Waals surface area contributed by atoms with Gasteiger partial charge in [-0.2, -0.15) is 4.98 Å². The zero-order valence-electron chi connectivity index (χ0n) is 18.7. The highest BCUT2D eigenvalue weighted by Gasteiger charge is 2.21. The third-order valence-electron chi connectivity index (χ3n) is 3.19.